The first-order chi connectivity index (χ1) is 11.8. The molecule has 2 aromatic rings. The van der Waals surface area contributed by atoms with Crippen molar-refractivity contribution in [2.45, 2.75) is 19.4 Å². The van der Waals surface area contributed by atoms with Crippen LogP contribution in [-0.4, -0.2) is 25.5 Å². The van der Waals surface area contributed by atoms with Gasteiger partial charge in [0.15, 0.2) is 0 Å². The molecule has 4 rings (SSSR count). The van der Waals surface area contributed by atoms with Gasteiger partial charge < -0.3 is 15.5 Å². The highest BCUT2D eigenvalue weighted by atomic mass is 16.1. The smallest absolute Gasteiger partial charge is 0.228 e. The Morgan fingerprint density at radius 1 is 1.17 bits per heavy atom. The van der Waals surface area contributed by atoms with E-state index in [1.807, 2.05) is 12.1 Å². The minimum Gasteiger partial charge on any atom is -0.367 e. The Bertz CT molecular complexity index is 720. The van der Waals surface area contributed by atoms with Crippen LogP contribution in [0.15, 0.2) is 48.5 Å². The van der Waals surface area contributed by atoms with Crippen LogP contribution in [0.3, 0.4) is 0 Å². The lowest BCUT2D eigenvalue weighted by atomic mass is 10.1. The summed E-state index contributed by atoms with van der Waals surface area (Å²) in [5, 5.41) is 6.26. The van der Waals surface area contributed by atoms with Gasteiger partial charge in [-0.2, -0.15) is 0 Å². The van der Waals surface area contributed by atoms with Gasteiger partial charge in [-0.15, -0.1) is 0 Å². The standard InChI is InChI=1S/C20H23N3O/c24-20(17-9-11-21-13-17)22-18-7-5-15(6-8-18)14-23-12-10-16-3-1-2-4-19(16)23/h1-8,17,21H,9-14H2,(H,22,24). The van der Waals surface area contributed by atoms with Crippen molar-refractivity contribution in [1.82, 2.24) is 5.32 Å². The molecule has 0 bridgehead atoms. The molecule has 2 N–H and O–H groups in total. The van der Waals surface area contributed by atoms with Gasteiger partial charge in [0.05, 0.1) is 5.92 Å². The third kappa shape index (κ3) is 3.15. The number of amides is 1. The summed E-state index contributed by atoms with van der Waals surface area (Å²) >= 11 is 0. The zero-order valence-corrected chi connectivity index (χ0v) is 13.8. The zero-order valence-electron chi connectivity index (χ0n) is 13.8. The van der Waals surface area contributed by atoms with Gasteiger partial charge in [0.25, 0.3) is 0 Å². The Morgan fingerprint density at radius 2 is 2.00 bits per heavy atom. The monoisotopic (exact) mass is 321 g/mol. The quantitative estimate of drug-likeness (QED) is 0.910. The molecule has 1 fully saturated rings. The highest BCUT2D eigenvalue weighted by Gasteiger charge is 2.22. The summed E-state index contributed by atoms with van der Waals surface area (Å²) in [4.78, 5) is 14.6. The van der Waals surface area contributed by atoms with Gasteiger partial charge >= 0.3 is 0 Å². The third-order valence-corrected chi connectivity index (χ3v) is 5.01. The van der Waals surface area contributed by atoms with Crippen LogP contribution in [0.4, 0.5) is 11.4 Å². The number of rotatable bonds is 4. The summed E-state index contributed by atoms with van der Waals surface area (Å²) in [7, 11) is 0. The predicted molar refractivity (Wildman–Crippen MR) is 97.2 cm³/mol. The van der Waals surface area contributed by atoms with Crippen LogP contribution < -0.4 is 15.5 Å². The molecule has 0 aromatic heterocycles. The molecule has 0 spiro atoms. The lowest BCUT2D eigenvalue weighted by Gasteiger charge is -2.19. The molecule has 1 saturated heterocycles. The summed E-state index contributed by atoms with van der Waals surface area (Å²) in [5.41, 5.74) is 4.94. The van der Waals surface area contributed by atoms with Crippen LogP contribution in [0, 0.1) is 5.92 Å². The van der Waals surface area contributed by atoms with Crippen LogP contribution in [-0.2, 0) is 17.8 Å². The molecular weight excluding hydrogens is 298 g/mol. The van der Waals surface area contributed by atoms with Crippen LogP contribution in [0.1, 0.15) is 17.5 Å². The van der Waals surface area contributed by atoms with Gasteiger partial charge in [0, 0.05) is 31.0 Å². The lowest BCUT2D eigenvalue weighted by molar-refractivity contribution is -0.119. The van der Waals surface area contributed by atoms with Crippen molar-refractivity contribution in [2.24, 2.45) is 5.92 Å². The molecule has 0 aliphatic carbocycles. The molecule has 2 aliphatic heterocycles. The van der Waals surface area contributed by atoms with Crippen molar-refractivity contribution in [2.75, 3.05) is 29.9 Å². The van der Waals surface area contributed by atoms with Crippen molar-refractivity contribution < 1.29 is 4.79 Å². The molecule has 4 nitrogen and oxygen atoms in total. The van der Waals surface area contributed by atoms with Crippen LogP contribution >= 0.6 is 0 Å². The van der Waals surface area contributed by atoms with Crippen molar-refractivity contribution in [3.63, 3.8) is 0 Å². The molecular formula is C20H23N3O. The van der Waals surface area contributed by atoms with Gasteiger partial charge in [-0.25, -0.2) is 0 Å². The van der Waals surface area contributed by atoms with Gasteiger partial charge in [-0.3, -0.25) is 4.79 Å². The molecule has 1 atom stereocenters. The van der Waals surface area contributed by atoms with Crippen molar-refractivity contribution in [1.29, 1.82) is 0 Å². The topological polar surface area (TPSA) is 44.4 Å². The fraction of sp³-hybridized carbons (Fsp3) is 0.350. The Morgan fingerprint density at radius 3 is 2.79 bits per heavy atom. The minimum atomic E-state index is 0.103. The van der Waals surface area contributed by atoms with E-state index in [4.69, 9.17) is 0 Å². The molecule has 1 amide bonds. The number of hydrogen-bond acceptors (Lipinski definition) is 3. The maximum absolute atomic E-state index is 12.2. The fourth-order valence-electron chi connectivity index (χ4n) is 3.61. The van der Waals surface area contributed by atoms with Crippen molar-refractivity contribution >= 4 is 17.3 Å². The highest BCUT2D eigenvalue weighted by molar-refractivity contribution is 5.92. The molecule has 0 saturated carbocycles. The molecule has 0 radical (unpaired) electrons. The Kier molecular flexibility index (Phi) is 4.22. The summed E-state index contributed by atoms with van der Waals surface area (Å²) in [6.45, 7) is 3.72. The largest absolute Gasteiger partial charge is 0.367 e. The van der Waals surface area contributed by atoms with E-state index in [1.54, 1.807) is 0 Å². The first-order valence-corrected chi connectivity index (χ1v) is 8.73. The van der Waals surface area contributed by atoms with Gasteiger partial charge in [0.1, 0.15) is 0 Å². The van der Waals surface area contributed by atoms with E-state index >= 15 is 0 Å². The number of nitrogens with one attached hydrogen (secondary N) is 2. The average Bonchev–Trinajstić information content (AvgIpc) is 3.27. The van der Waals surface area contributed by atoms with E-state index < -0.39 is 0 Å². The number of benzene rings is 2. The SMILES string of the molecule is O=C(Nc1ccc(CN2CCc3ccccc32)cc1)C1CCNC1. The number of hydrogen-bond donors (Lipinski definition) is 2. The number of nitrogens with zero attached hydrogens (tertiary/aromatic N) is 1. The molecule has 24 heavy (non-hydrogen) atoms. The zero-order chi connectivity index (χ0) is 16.4. The van der Waals surface area contributed by atoms with E-state index in [1.165, 1.54) is 16.8 Å². The summed E-state index contributed by atoms with van der Waals surface area (Å²) < 4.78 is 0. The van der Waals surface area contributed by atoms with E-state index in [2.05, 4.69) is 51.9 Å². The Labute approximate surface area is 142 Å². The maximum Gasteiger partial charge on any atom is 0.228 e. The van der Waals surface area contributed by atoms with E-state index in [0.29, 0.717) is 0 Å². The second-order valence-corrected chi connectivity index (χ2v) is 6.68. The molecule has 1 unspecified atom stereocenters. The molecule has 124 valence electrons. The second-order valence-electron chi connectivity index (χ2n) is 6.68. The molecule has 4 heteroatoms. The van der Waals surface area contributed by atoms with Crippen molar-refractivity contribution in [3.8, 4) is 0 Å². The first kappa shape index (κ1) is 15.2. The molecule has 2 heterocycles. The lowest BCUT2D eigenvalue weighted by Crippen LogP contribution is -2.24. The van der Waals surface area contributed by atoms with E-state index in [9.17, 15) is 4.79 Å². The number of anilines is 2. The number of carbonyl (C=O) groups excluding carboxylic acids is 1. The average molecular weight is 321 g/mol. The third-order valence-electron chi connectivity index (χ3n) is 5.01. The fourth-order valence-corrected chi connectivity index (χ4v) is 3.61. The second kappa shape index (κ2) is 6.65. The van der Waals surface area contributed by atoms with E-state index in [-0.39, 0.29) is 11.8 Å². The minimum absolute atomic E-state index is 0.103. The van der Waals surface area contributed by atoms with Crippen LogP contribution in [0.5, 0.6) is 0 Å². The number of carbonyl (C=O) groups is 1. The summed E-state index contributed by atoms with van der Waals surface area (Å²) in [5.74, 6) is 0.229. The molecule has 2 aromatic carbocycles. The number of fused-ring (bicyclic) bond motifs is 1. The van der Waals surface area contributed by atoms with Gasteiger partial charge in [0.2, 0.25) is 5.91 Å². The molecule has 2 aliphatic rings. The maximum atomic E-state index is 12.2. The van der Waals surface area contributed by atoms with E-state index in [0.717, 1.165) is 44.7 Å². The normalized spacial score (nSPS) is 19.3. The van der Waals surface area contributed by atoms with Gasteiger partial charge in [-0.05, 0) is 48.7 Å². The van der Waals surface area contributed by atoms with Crippen molar-refractivity contribution in [3.05, 3.63) is 59.7 Å². The first-order valence-electron chi connectivity index (χ1n) is 8.73. The number of para-hydroxylation sites is 1. The highest BCUT2D eigenvalue weighted by Crippen LogP contribution is 2.29. The van der Waals surface area contributed by atoms with Crippen LogP contribution in [0.25, 0.3) is 0 Å². The van der Waals surface area contributed by atoms with Gasteiger partial charge in [-0.1, -0.05) is 30.3 Å². The Balaban J connectivity index is 1.38. The van der Waals surface area contributed by atoms with Crippen LogP contribution in [0.2, 0.25) is 0 Å². The summed E-state index contributed by atoms with van der Waals surface area (Å²) in [6.07, 6.45) is 2.05. The predicted octanol–water partition coefficient (Wildman–Crippen LogP) is 2.80. The summed E-state index contributed by atoms with van der Waals surface area (Å²) in [6, 6.07) is 16.9. The Hall–Kier alpha value is -2.33.